The van der Waals surface area contributed by atoms with Gasteiger partial charge >= 0.3 is 0 Å². The molecule has 0 saturated heterocycles. The number of fused-ring (bicyclic) bond motifs is 1. The Morgan fingerprint density at radius 3 is 2.63 bits per heavy atom. The van der Waals surface area contributed by atoms with E-state index in [9.17, 15) is 9.59 Å². The molecule has 0 saturated carbocycles. The molecule has 142 valence electrons. The van der Waals surface area contributed by atoms with Crippen LogP contribution in [0.2, 0.25) is 0 Å². The lowest BCUT2D eigenvalue weighted by Gasteiger charge is -2.29. The molecule has 0 radical (unpaired) electrons. The van der Waals surface area contributed by atoms with Gasteiger partial charge in [0.25, 0.3) is 0 Å². The Morgan fingerprint density at radius 2 is 1.93 bits per heavy atom. The van der Waals surface area contributed by atoms with E-state index in [-0.39, 0.29) is 24.2 Å². The van der Waals surface area contributed by atoms with Crippen molar-refractivity contribution in [3.8, 4) is 17.2 Å². The number of Topliss-reactive ketones (excluding diaryl/α,β-unsaturated/α-hetero) is 1. The number of methoxy groups -OCH3 is 1. The first-order chi connectivity index (χ1) is 13.0. The number of benzene rings is 2. The van der Waals surface area contributed by atoms with Crippen molar-refractivity contribution in [2.24, 2.45) is 0 Å². The number of amides is 1. The minimum absolute atomic E-state index is 0.0499. The van der Waals surface area contributed by atoms with E-state index in [1.54, 1.807) is 37.3 Å². The fourth-order valence-electron chi connectivity index (χ4n) is 2.99. The second kappa shape index (κ2) is 8.12. The predicted molar refractivity (Wildman–Crippen MR) is 101 cm³/mol. The molecule has 1 unspecified atom stereocenters. The van der Waals surface area contributed by atoms with Crippen molar-refractivity contribution < 1.29 is 23.8 Å². The number of ketones is 1. The maximum absolute atomic E-state index is 12.7. The number of hydrogen-bond acceptors (Lipinski definition) is 5. The lowest BCUT2D eigenvalue weighted by Crippen LogP contribution is -2.42. The Kier molecular flexibility index (Phi) is 5.64. The molecule has 6 heteroatoms. The Labute approximate surface area is 158 Å². The smallest absolute Gasteiger partial charge is 0.227 e. The van der Waals surface area contributed by atoms with Gasteiger partial charge in [0, 0.05) is 18.2 Å². The third kappa shape index (κ3) is 4.39. The molecular weight excluding hydrogens is 346 g/mol. The van der Waals surface area contributed by atoms with Crippen LogP contribution in [0.3, 0.4) is 0 Å². The fourth-order valence-corrected chi connectivity index (χ4v) is 2.99. The SMILES string of the molecule is COc1ccc(C(C)=O)cc1CC(=O)N(C)CC1COc2ccccc2O1. The molecule has 3 rings (SSSR count). The van der Waals surface area contributed by atoms with Crippen molar-refractivity contribution in [2.75, 3.05) is 27.3 Å². The van der Waals surface area contributed by atoms with Gasteiger partial charge in [-0.25, -0.2) is 0 Å². The molecular formula is C21H23NO5. The highest BCUT2D eigenvalue weighted by atomic mass is 16.6. The highest BCUT2D eigenvalue weighted by molar-refractivity contribution is 5.94. The Hall–Kier alpha value is -3.02. The fraction of sp³-hybridized carbons (Fsp3) is 0.333. The number of ether oxygens (including phenoxy) is 3. The highest BCUT2D eigenvalue weighted by Crippen LogP contribution is 2.31. The van der Waals surface area contributed by atoms with Crippen molar-refractivity contribution in [3.05, 3.63) is 53.6 Å². The van der Waals surface area contributed by atoms with Gasteiger partial charge in [0.1, 0.15) is 12.4 Å². The van der Waals surface area contributed by atoms with Crippen LogP contribution in [0.25, 0.3) is 0 Å². The third-order valence-electron chi connectivity index (χ3n) is 4.50. The number of likely N-dealkylation sites (N-methyl/N-ethyl adjacent to an activating group) is 1. The summed E-state index contributed by atoms with van der Waals surface area (Å²) in [4.78, 5) is 25.9. The lowest BCUT2D eigenvalue weighted by molar-refractivity contribution is -0.130. The van der Waals surface area contributed by atoms with Crippen LogP contribution < -0.4 is 14.2 Å². The van der Waals surface area contributed by atoms with Gasteiger partial charge in [0.05, 0.1) is 20.1 Å². The summed E-state index contributed by atoms with van der Waals surface area (Å²) in [6.45, 7) is 2.29. The predicted octanol–water partition coefficient (Wildman–Crippen LogP) is 2.74. The van der Waals surface area contributed by atoms with Gasteiger partial charge in [-0.1, -0.05) is 12.1 Å². The minimum atomic E-state index is -0.237. The van der Waals surface area contributed by atoms with Gasteiger partial charge in [0.2, 0.25) is 5.91 Å². The van der Waals surface area contributed by atoms with E-state index in [4.69, 9.17) is 14.2 Å². The molecule has 0 aliphatic carbocycles. The second-order valence-corrected chi connectivity index (χ2v) is 6.53. The van der Waals surface area contributed by atoms with Gasteiger partial charge in [-0.15, -0.1) is 0 Å². The number of para-hydroxylation sites is 2. The van der Waals surface area contributed by atoms with E-state index < -0.39 is 0 Å². The van der Waals surface area contributed by atoms with Crippen LogP contribution in [0, 0.1) is 0 Å². The first kappa shape index (κ1) is 18.8. The van der Waals surface area contributed by atoms with Crippen LogP contribution in [0.15, 0.2) is 42.5 Å². The number of hydrogen-bond donors (Lipinski definition) is 0. The molecule has 0 fully saturated rings. The number of nitrogens with zero attached hydrogens (tertiary/aromatic N) is 1. The standard InChI is InChI=1S/C21H23NO5/c1-14(23)15-8-9-18(25-3)16(10-15)11-21(24)22(2)12-17-13-26-19-6-4-5-7-20(19)27-17/h4-10,17H,11-13H2,1-3H3. The van der Waals surface area contributed by atoms with Crippen LogP contribution in [-0.2, 0) is 11.2 Å². The van der Waals surface area contributed by atoms with Crippen molar-refractivity contribution in [1.82, 2.24) is 4.90 Å². The Bertz CT molecular complexity index is 848. The molecule has 1 heterocycles. The first-order valence-electron chi connectivity index (χ1n) is 8.78. The summed E-state index contributed by atoms with van der Waals surface area (Å²) in [5, 5.41) is 0. The molecule has 0 spiro atoms. The largest absolute Gasteiger partial charge is 0.496 e. The van der Waals surface area contributed by atoms with Crippen LogP contribution >= 0.6 is 0 Å². The molecule has 27 heavy (non-hydrogen) atoms. The van der Waals surface area contributed by atoms with E-state index in [2.05, 4.69) is 0 Å². The topological polar surface area (TPSA) is 65.1 Å². The number of rotatable bonds is 6. The van der Waals surface area contributed by atoms with Crippen LogP contribution in [0.5, 0.6) is 17.2 Å². The van der Waals surface area contributed by atoms with Crippen molar-refractivity contribution in [2.45, 2.75) is 19.4 Å². The van der Waals surface area contributed by atoms with Crippen molar-refractivity contribution in [3.63, 3.8) is 0 Å². The number of carbonyl (C=O) groups excluding carboxylic acids is 2. The van der Waals surface area contributed by atoms with E-state index >= 15 is 0 Å². The molecule has 2 aromatic rings. The van der Waals surface area contributed by atoms with Crippen molar-refractivity contribution >= 4 is 11.7 Å². The summed E-state index contributed by atoms with van der Waals surface area (Å²) >= 11 is 0. The molecule has 0 N–H and O–H groups in total. The molecule has 1 aliphatic heterocycles. The maximum atomic E-state index is 12.7. The zero-order chi connectivity index (χ0) is 19.4. The van der Waals surface area contributed by atoms with Crippen LogP contribution in [0.1, 0.15) is 22.8 Å². The highest BCUT2D eigenvalue weighted by Gasteiger charge is 2.24. The summed E-state index contributed by atoms with van der Waals surface area (Å²) in [5.74, 6) is 1.86. The van der Waals surface area contributed by atoms with Gasteiger partial charge in [0.15, 0.2) is 23.4 Å². The Morgan fingerprint density at radius 1 is 1.19 bits per heavy atom. The summed E-state index contributed by atoms with van der Waals surface area (Å²) < 4.78 is 16.9. The van der Waals surface area contributed by atoms with Gasteiger partial charge < -0.3 is 19.1 Å². The van der Waals surface area contributed by atoms with E-state index in [1.165, 1.54) is 6.92 Å². The summed E-state index contributed by atoms with van der Waals surface area (Å²) in [5.41, 5.74) is 1.25. The summed E-state index contributed by atoms with van der Waals surface area (Å²) in [6, 6.07) is 12.6. The maximum Gasteiger partial charge on any atom is 0.227 e. The average molecular weight is 369 g/mol. The van der Waals surface area contributed by atoms with E-state index in [0.29, 0.717) is 41.5 Å². The van der Waals surface area contributed by atoms with E-state index in [1.807, 2.05) is 24.3 Å². The van der Waals surface area contributed by atoms with Crippen LogP contribution in [0.4, 0.5) is 0 Å². The van der Waals surface area contributed by atoms with E-state index in [0.717, 1.165) is 0 Å². The second-order valence-electron chi connectivity index (χ2n) is 6.53. The molecule has 1 atom stereocenters. The zero-order valence-corrected chi connectivity index (χ0v) is 15.7. The molecule has 6 nitrogen and oxygen atoms in total. The number of carbonyl (C=O) groups is 2. The third-order valence-corrected chi connectivity index (χ3v) is 4.50. The lowest BCUT2D eigenvalue weighted by atomic mass is 10.0. The first-order valence-corrected chi connectivity index (χ1v) is 8.78. The zero-order valence-electron chi connectivity index (χ0n) is 15.7. The molecule has 1 amide bonds. The monoisotopic (exact) mass is 369 g/mol. The quantitative estimate of drug-likeness (QED) is 0.733. The minimum Gasteiger partial charge on any atom is -0.496 e. The van der Waals surface area contributed by atoms with Crippen LogP contribution in [-0.4, -0.2) is 50.0 Å². The van der Waals surface area contributed by atoms with Crippen molar-refractivity contribution in [1.29, 1.82) is 0 Å². The van der Waals surface area contributed by atoms with Gasteiger partial charge in [-0.2, -0.15) is 0 Å². The summed E-state index contributed by atoms with van der Waals surface area (Å²) in [7, 11) is 3.28. The van der Waals surface area contributed by atoms with Gasteiger partial charge in [-0.3, -0.25) is 9.59 Å². The molecule has 0 aromatic heterocycles. The molecule has 0 bridgehead atoms. The molecule has 1 aliphatic rings. The Balaban J connectivity index is 1.65. The van der Waals surface area contributed by atoms with Gasteiger partial charge in [-0.05, 0) is 37.3 Å². The molecule has 2 aromatic carbocycles. The average Bonchev–Trinajstić information content (AvgIpc) is 2.67. The normalized spacial score (nSPS) is 15.1. The summed E-state index contributed by atoms with van der Waals surface area (Å²) in [6.07, 6.45) is -0.0930.